The lowest BCUT2D eigenvalue weighted by Crippen LogP contribution is -2.45. The Morgan fingerprint density at radius 1 is 1.33 bits per heavy atom. The van der Waals surface area contributed by atoms with Crippen molar-refractivity contribution >= 4 is 11.6 Å². The van der Waals surface area contributed by atoms with Gasteiger partial charge in [0.25, 0.3) is 0 Å². The molecule has 1 amide bonds. The minimum absolute atomic E-state index is 0.165. The predicted molar refractivity (Wildman–Crippen MR) is 83.7 cm³/mol. The van der Waals surface area contributed by atoms with E-state index in [1.54, 1.807) is 0 Å². The van der Waals surface area contributed by atoms with Crippen LogP contribution in [0.25, 0.3) is 0 Å². The number of nitrogens with zero attached hydrogens (tertiary/aromatic N) is 1. The fourth-order valence-electron chi connectivity index (χ4n) is 3.55. The number of para-hydroxylation sites is 2. The number of benzene rings is 1. The first-order valence-electron chi connectivity index (χ1n) is 7.99. The maximum Gasteiger partial charge on any atom is 0.230 e. The first-order valence-corrected chi connectivity index (χ1v) is 7.99. The van der Waals surface area contributed by atoms with Gasteiger partial charge in [0.05, 0.1) is 18.7 Å². The lowest BCUT2D eigenvalue weighted by molar-refractivity contribution is -0.118. The van der Waals surface area contributed by atoms with E-state index in [-0.39, 0.29) is 5.91 Å². The number of carbonyl (C=O) groups excluding carboxylic acids is 1. The van der Waals surface area contributed by atoms with E-state index in [0.29, 0.717) is 25.0 Å². The quantitative estimate of drug-likeness (QED) is 0.926. The molecule has 1 heterocycles. The van der Waals surface area contributed by atoms with Crippen LogP contribution in [0, 0.1) is 5.92 Å². The zero-order valence-corrected chi connectivity index (χ0v) is 12.7. The van der Waals surface area contributed by atoms with Crippen molar-refractivity contribution in [1.82, 2.24) is 5.32 Å². The molecule has 0 saturated heterocycles. The Bertz CT molecular complexity index is 497. The van der Waals surface area contributed by atoms with Crippen LogP contribution in [0.1, 0.15) is 32.1 Å². The Labute approximate surface area is 126 Å². The molecule has 4 heteroatoms. The van der Waals surface area contributed by atoms with Crippen molar-refractivity contribution in [3.8, 4) is 5.75 Å². The molecule has 0 bridgehead atoms. The van der Waals surface area contributed by atoms with E-state index >= 15 is 0 Å². The highest BCUT2D eigenvalue weighted by molar-refractivity contribution is 5.95. The van der Waals surface area contributed by atoms with Crippen molar-refractivity contribution in [2.45, 2.75) is 38.1 Å². The van der Waals surface area contributed by atoms with Crippen LogP contribution >= 0.6 is 0 Å². The standard InChI is InChI=1S/C17H24N2O2/c1-18-14(13-6-2-3-7-13)12-19-15-8-4-5-9-16(15)21-11-10-17(19)20/h4-5,8-9,13-14,18H,2-3,6-7,10-12H2,1H3. The molecule has 1 fully saturated rings. The van der Waals surface area contributed by atoms with Gasteiger partial charge in [0, 0.05) is 12.6 Å². The van der Waals surface area contributed by atoms with Crippen LogP contribution in [-0.2, 0) is 4.79 Å². The molecule has 1 unspecified atom stereocenters. The monoisotopic (exact) mass is 288 g/mol. The Morgan fingerprint density at radius 3 is 2.86 bits per heavy atom. The highest BCUT2D eigenvalue weighted by Crippen LogP contribution is 2.33. The van der Waals surface area contributed by atoms with Gasteiger partial charge in [-0.25, -0.2) is 0 Å². The third-order valence-electron chi connectivity index (χ3n) is 4.75. The highest BCUT2D eigenvalue weighted by Gasteiger charge is 2.30. The minimum atomic E-state index is 0.165. The summed E-state index contributed by atoms with van der Waals surface area (Å²) in [7, 11) is 2.01. The number of hydrogen-bond acceptors (Lipinski definition) is 3. The lowest BCUT2D eigenvalue weighted by Gasteiger charge is -2.30. The van der Waals surface area contributed by atoms with Crippen LogP contribution in [0.15, 0.2) is 24.3 Å². The van der Waals surface area contributed by atoms with E-state index in [9.17, 15) is 4.79 Å². The number of rotatable bonds is 4. The maximum absolute atomic E-state index is 12.5. The number of carbonyl (C=O) groups is 1. The normalized spacial score (nSPS) is 20.8. The molecule has 1 aromatic carbocycles. The average Bonchev–Trinajstić information content (AvgIpc) is 2.98. The summed E-state index contributed by atoms with van der Waals surface area (Å²) in [4.78, 5) is 14.4. The largest absolute Gasteiger partial charge is 0.491 e. The summed E-state index contributed by atoms with van der Waals surface area (Å²) >= 11 is 0. The van der Waals surface area contributed by atoms with Crippen LogP contribution in [0.2, 0.25) is 0 Å². The van der Waals surface area contributed by atoms with Crippen LogP contribution in [0.5, 0.6) is 5.75 Å². The van der Waals surface area contributed by atoms with Gasteiger partial charge in [-0.15, -0.1) is 0 Å². The first-order chi connectivity index (χ1) is 10.3. The van der Waals surface area contributed by atoms with Gasteiger partial charge in [-0.1, -0.05) is 25.0 Å². The molecule has 21 heavy (non-hydrogen) atoms. The Morgan fingerprint density at radius 2 is 2.10 bits per heavy atom. The van der Waals surface area contributed by atoms with E-state index in [1.807, 2.05) is 36.2 Å². The molecule has 0 spiro atoms. The van der Waals surface area contributed by atoms with Gasteiger partial charge in [-0.3, -0.25) is 4.79 Å². The van der Waals surface area contributed by atoms with Crippen molar-refractivity contribution < 1.29 is 9.53 Å². The Kier molecular flexibility index (Phi) is 4.44. The van der Waals surface area contributed by atoms with Crippen molar-refractivity contribution in [1.29, 1.82) is 0 Å². The number of nitrogens with one attached hydrogen (secondary N) is 1. The number of ether oxygens (including phenoxy) is 1. The molecule has 1 saturated carbocycles. The molecule has 1 aliphatic carbocycles. The zero-order chi connectivity index (χ0) is 14.7. The van der Waals surface area contributed by atoms with Gasteiger partial charge in [-0.05, 0) is 37.9 Å². The van der Waals surface area contributed by atoms with Gasteiger partial charge in [0.1, 0.15) is 5.75 Å². The first kappa shape index (κ1) is 14.4. The van der Waals surface area contributed by atoms with Gasteiger partial charge in [0.15, 0.2) is 0 Å². The summed E-state index contributed by atoms with van der Waals surface area (Å²) in [6.45, 7) is 1.21. The average molecular weight is 288 g/mol. The molecule has 1 aliphatic heterocycles. The zero-order valence-electron chi connectivity index (χ0n) is 12.7. The molecule has 4 nitrogen and oxygen atoms in total. The lowest BCUT2D eigenvalue weighted by atomic mass is 9.97. The maximum atomic E-state index is 12.5. The number of fused-ring (bicyclic) bond motifs is 1. The summed E-state index contributed by atoms with van der Waals surface area (Å²) in [6, 6.07) is 8.23. The summed E-state index contributed by atoms with van der Waals surface area (Å²) < 4.78 is 5.71. The second-order valence-corrected chi connectivity index (χ2v) is 6.01. The molecular formula is C17H24N2O2. The molecule has 0 aromatic heterocycles. The molecule has 1 atom stereocenters. The summed E-state index contributed by atoms with van der Waals surface area (Å²) in [5.41, 5.74) is 0.915. The van der Waals surface area contributed by atoms with Crippen LogP contribution in [-0.4, -0.2) is 32.1 Å². The second kappa shape index (κ2) is 6.48. The van der Waals surface area contributed by atoms with Gasteiger partial charge in [-0.2, -0.15) is 0 Å². The van der Waals surface area contributed by atoms with Crippen molar-refractivity contribution in [3.63, 3.8) is 0 Å². The molecule has 2 aliphatic rings. The SMILES string of the molecule is CNC(CN1C(=O)CCOc2ccccc21)C1CCCC1. The minimum Gasteiger partial charge on any atom is -0.491 e. The third-order valence-corrected chi connectivity index (χ3v) is 4.75. The summed E-state index contributed by atoms with van der Waals surface area (Å²) in [5.74, 6) is 1.67. The second-order valence-electron chi connectivity index (χ2n) is 6.01. The summed E-state index contributed by atoms with van der Waals surface area (Å²) in [6.07, 6.45) is 5.63. The number of anilines is 1. The number of amides is 1. The van der Waals surface area contributed by atoms with E-state index in [2.05, 4.69) is 5.32 Å². The molecule has 1 aromatic rings. The predicted octanol–water partition coefficient (Wildman–Crippen LogP) is 2.58. The summed E-state index contributed by atoms with van der Waals surface area (Å²) in [5, 5.41) is 3.43. The Hall–Kier alpha value is -1.55. The fraction of sp³-hybridized carbons (Fsp3) is 0.588. The topological polar surface area (TPSA) is 41.6 Å². The van der Waals surface area contributed by atoms with Crippen molar-refractivity contribution in [2.24, 2.45) is 5.92 Å². The van der Waals surface area contributed by atoms with E-state index in [4.69, 9.17) is 4.74 Å². The fourth-order valence-corrected chi connectivity index (χ4v) is 3.55. The molecule has 0 radical (unpaired) electrons. The van der Waals surface area contributed by atoms with Crippen molar-refractivity contribution in [3.05, 3.63) is 24.3 Å². The molecule has 114 valence electrons. The van der Waals surface area contributed by atoms with Crippen LogP contribution in [0.4, 0.5) is 5.69 Å². The van der Waals surface area contributed by atoms with E-state index in [1.165, 1.54) is 25.7 Å². The van der Waals surface area contributed by atoms with Crippen LogP contribution in [0.3, 0.4) is 0 Å². The van der Waals surface area contributed by atoms with Gasteiger partial charge in [0.2, 0.25) is 5.91 Å². The van der Waals surface area contributed by atoms with E-state index in [0.717, 1.165) is 18.0 Å². The molecule has 3 rings (SSSR count). The van der Waals surface area contributed by atoms with Gasteiger partial charge >= 0.3 is 0 Å². The van der Waals surface area contributed by atoms with Crippen molar-refractivity contribution in [2.75, 3.05) is 25.1 Å². The Balaban J connectivity index is 1.83. The van der Waals surface area contributed by atoms with E-state index < -0.39 is 0 Å². The third kappa shape index (κ3) is 3.05. The van der Waals surface area contributed by atoms with Crippen LogP contribution < -0.4 is 15.0 Å². The van der Waals surface area contributed by atoms with Gasteiger partial charge < -0.3 is 15.0 Å². The molecular weight excluding hydrogens is 264 g/mol. The highest BCUT2D eigenvalue weighted by atomic mass is 16.5. The number of likely N-dealkylation sites (N-methyl/N-ethyl adjacent to an activating group) is 1. The molecule has 1 N–H and O–H groups in total. The number of hydrogen-bond donors (Lipinski definition) is 1. The smallest absolute Gasteiger partial charge is 0.230 e.